The Morgan fingerprint density at radius 1 is 0.944 bits per heavy atom. The normalized spacial score (nSPS) is 11.1. The van der Waals surface area contributed by atoms with Crippen molar-refractivity contribution in [1.82, 2.24) is 0 Å². The average molecular weight is 268 g/mol. The van der Waals surface area contributed by atoms with Gasteiger partial charge < -0.3 is 0 Å². The van der Waals surface area contributed by atoms with Gasteiger partial charge in [0, 0.05) is 0 Å². The van der Waals surface area contributed by atoms with Crippen molar-refractivity contribution in [2.24, 2.45) is 0 Å². The molecule has 4 nitrogen and oxygen atoms in total. The van der Waals surface area contributed by atoms with Gasteiger partial charge in [-0.1, -0.05) is 48.5 Å². The highest BCUT2D eigenvalue weighted by Gasteiger charge is 2.05. The lowest BCUT2D eigenvalue weighted by Crippen LogP contribution is -2.10. The molecule has 0 aromatic heterocycles. The second kappa shape index (κ2) is 6.49. The quantitative estimate of drug-likeness (QED) is 0.850. The Bertz CT molecular complexity index is 525. The lowest BCUT2D eigenvalue weighted by Gasteiger charge is -1.99. The van der Waals surface area contributed by atoms with Crippen LogP contribution in [0.25, 0.3) is 10.8 Å². The molecule has 0 amide bonds. The minimum absolute atomic E-state index is 0.495. The fourth-order valence-electron chi connectivity index (χ4n) is 1.38. The topological polar surface area (TPSA) is 63.6 Å². The number of rotatable bonds is 2. The summed E-state index contributed by atoms with van der Waals surface area (Å²) >= 11 is 0. The Hall–Kier alpha value is -1.43. The maximum Gasteiger partial charge on any atom is 0.397 e. The lowest BCUT2D eigenvalue weighted by molar-refractivity contribution is 0.213. The zero-order valence-electron chi connectivity index (χ0n) is 10.3. The Morgan fingerprint density at radius 3 is 1.44 bits per heavy atom. The Labute approximate surface area is 107 Å². The van der Waals surface area contributed by atoms with Crippen molar-refractivity contribution in [3.05, 3.63) is 48.5 Å². The van der Waals surface area contributed by atoms with E-state index < -0.39 is 16.5 Å². The second-order valence-corrected chi connectivity index (χ2v) is 4.97. The van der Waals surface area contributed by atoms with E-state index in [0.29, 0.717) is 0 Å². The van der Waals surface area contributed by atoms with Crippen LogP contribution in [0.3, 0.4) is 0 Å². The molecule has 0 heterocycles. The molecule has 0 fully saturated rings. The molecule has 2 aromatic carbocycles. The Balaban J connectivity index is 0.000000187. The molecule has 1 N–H and O–H groups in total. The van der Waals surface area contributed by atoms with Gasteiger partial charge in [-0.15, -0.1) is 0 Å². The molecule has 0 aliphatic heterocycles. The van der Waals surface area contributed by atoms with Crippen molar-refractivity contribution in [2.45, 2.75) is 20.0 Å². The van der Waals surface area contributed by atoms with Gasteiger partial charge in [0.1, 0.15) is 0 Å². The van der Waals surface area contributed by atoms with Gasteiger partial charge in [-0.25, -0.2) is 4.18 Å². The fourth-order valence-corrected chi connectivity index (χ4v) is 1.86. The molecular weight excluding hydrogens is 252 g/mol. The van der Waals surface area contributed by atoms with Crippen LogP contribution in [-0.4, -0.2) is 19.1 Å². The summed E-state index contributed by atoms with van der Waals surface area (Å²) in [6.07, 6.45) is -0.495. The standard InChI is InChI=1S/C10H8.C3H8O4S/c1-2-6-10-8-4-3-7-9(10)5-1;1-3(2)7-8(4,5)6/h1-8H;3H,1-2H3,(H,4,5,6). The Morgan fingerprint density at radius 2 is 1.28 bits per heavy atom. The molecule has 0 atom stereocenters. The first-order valence-corrected chi connectivity index (χ1v) is 6.84. The zero-order valence-corrected chi connectivity index (χ0v) is 11.1. The second-order valence-electron chi connectivity index (χ2n) is 3.92. The molecule has 2 aromatic rings. The highest BCUT2D eigenvalue weighted by atomic mass is 32.3. The third kappa shape index (κ3) is 5.77. The number of hydrogen-bond acceptors (Lipinski definition) is 3. The summed E-state index contributed by atoms with van der Waals surface area (Å²) in [5.74, 6) is 0. The van der Waals surface area contributed by atoms with Gasteiger partial charge in [0.2, 0.25) is 0 Å². The lowest BCUT2D eigenvalue weighted by atomic mass is 10.1. The minimum Gasteiger partial charge on any atom is -0.264 e. The van der Waals surface area contributed by atoms with E-state index in [2.05, 4.69) is 52.7 Å². The van der Waals surface area contributed by atoms with E-state index in [1.165, 1.54) is 24.6 Å². The Kier molecular flexibility index (Phi) is 5.27. The molecular formula is C13H16O4S. The molecule has 2 rings (SSSR count). The molecule has 0 saturated carbocycles. The van der Waals surface area contributed by atoms with Gasteiger partial charge in [0.05, 0.1) is 6.10 Å². The first-order valence-electron chi connectivity index (χ1n) is 5.48. The average Bonchev–Trinajstić information content (AvgIpc) is 2.27. The van der Waals surface area contributed by atoms with Crippen LogP contribution in [0, 0.1) is 0 Å². The van der Waals surface area contributed by atoms with E-state index in [0.717, 1.165) is 0 Å². The van der Waals surface area contributed by atoms with Crippen LogP contribution in [-0.2, 0) is 14.6 Å². The molecule has 0 aliphatic rings. The largest absolute Gasteiger partial charge is 0.397 e. The summed E-state index contributed by atoms with van der Waals surface area (Å²) in [4.78, 5) is 0. The summed E-state index contributed by atoms with van der Waals surface area (Å²) in [5.41, 5.74) is 0. The van der Waals surface area contributed by atoms with Crippen LogP contribution in [0.1, 0.15) is 13.8 Å². The van der Waals surface area contributed by atoms with Crippen molar-refractivity contribution in [3.63, 3.8) is 0 Å². The zero-order chi connectivity index (χ0) is 13.6. The van der Waals surface area contributed by atoms with Crippen LogP contribution in [0.2, 0.25) is 0 Å². The van der Waals surface area contributed by atoms with E-state index in [1.54, 1.807) is 0 Å². The molecule has 5 heteroatoms. The van der Waals surface area contributed by atoms with Gasteiger partial charge >= 0.3 is 10.4 Å². The molecule has 0 spiro atoms. The monoisotopic (exact) mass is 268 g/mol. The van der Waals surface area contributed by atoms with Gasteiger partial charge in [0.15, 0.2) is 0 Å². The smallest absolute Gasteiger partial charge is 0.264 e. The van der Waals surface area contributed by atoms with Crippen LogP contribution in [0.4, 0.5) is 0 Å². The summed E-state index contributed by atoms with van der Waals surface area (Å²) in [6.45, 7) is 3.02. The van der Waals surface area contributed by atoms with Gasteiger partial charge in [0.25, 0.3) is 0 Å². The predicted octanol–water partition coefficient (Wildman–Crippen LogP) is 3.05. The first kappa shape index (κ1) is 14.6. The molecule has 0 saturated heterocycles. The first-order chi connectivity index (χ1) is 8.38. The molecule has 0 aliphatic carbocycles. The number of hydrogen-bond donors (Lipinski definition) is 1. The van der Waals surface area contributed by atoms with Crippen LogP contribution >= 0.6 is 0 Å². The molecule has 0 radical (unpaired) electrons. The molecule has 0 unspecified atom stereocenters. The van der Waals surface area contributed by atoms with Crippen molar-refractivity contribution in [3.8, 4) is 0 Å². The predicted molar refractivity (Wildman–Crippen MR) is 71.7 cm³/mol. The highest BCUT2D eigenvalue weighted by Crippen LogP contribution is 2.11. The van der Waals surface area contributed by atoms with Crippen LogP contribution < -0.4 is 0 Å². The van der Waals surface area contributed by atoms with Gasteiger partial charge in [-0.05, 0) is 24.6 Å². The number of benzene rings is 2. The van der Waals surface area contributed by atoms with Crippen molar-refractivity contribution >= 4 is 21.2 Å². The van der Waals surface area contributed by atoms with Crippen LogP contribution in [0.15, 0.2) is 48.5 Å². The maximum absolute atomic E-state index is 9.78. The fraction of sp³-hybridized carbons (Fsp3) is 0.231. The van der Waals surface area contributed by atoms with E-state index in [4.69, 9.17) is 4.55 Å². The third-order valence-electron chi connectivity index (χ3n) is 1.97. The van der Waals surface area contributed by atoms with E-state index in [-0.39, 0.29) is 0 Å². The van der Waals surface area contributed by atoms with Crippen molar-refractivity contribution in [2.75, 3.05) is 0 Å². The SMILES string of the molecule is CC(C)OS(=O)(=O)O.c1ccc2ccccc2c1. The van der Waals surface area contributed by atoms with Gasteiger partial charge in [-0.3, -0.25) is 4.55 Å². The van der Waals surface area contributed by atoms with Gasteiger partial charge in [-0.2, -0.15) is 8.42 Å². The summed E-state index contributed by atoms with van der Waals surface area (Å²) < 4.78 is 31.5. The summed E-state index contributed by atoms with van der Waals surface area (Å²) in [7, 11) is -4.22. The van der Waals surface area contributed by atoms with Crippen molar-refractivity contribution in [1.29, 1.82) is 0 Å². The molecule has 0 bridgehead atoms. The minimum atomic E-state index is -4.22. The third-order valence-corrected chi connectivity index (χ3v) is 2.60. The summed E-state index contributed by atoms with van der Waals surface area (Å²) in [6, 6.07) is 16.7. The van der Waals surface area contributed by atoms with Crippen molar-refractivity contribution < 1.29 is 17.2 Å². The highest BCUT2D eigenvalue weighted by molar-refractivity contribution is 7.80. The maximum atomic E-state index is 9.78. The number of fused-ring (bicyclic) bond motifs is 1. The van der Waals surface area contributed by atoms with E-state index >= 15 is 0 Å². The van der Waals surface area contributed by atoms with E-state index in [9.17, 15) is 8.42 Å². The molecule has 98 valence electrons. The summed E-state index contributed by atoms with van der Waals surface area (Å²) in [5, 5.41) is 2.62. The van der Waals surface area contributed by atoms with Crippen LogP contribution in [0.5, 0.6) is 0 Å². The van der Waals surface area contributed by atoms with E-state index in [1.807, 2.05) is 0 Å². The molecule has 18 heavy (non-hydrogen) atoms.